The van der Waals surface area contributed by atoms with Crippen LogP contribution in [0, 0.1) is 5.82 Å². The van der Waals surface area contributed by atoms with Gasteiger partial charge in [-0.2, -0.15) is 5.10 Å². The van der Waals surface area contributed by atoms with E-state index in [4.69, 9.17) is 5.73 Å². The molecule has 1 aliphatic carbocycles. The van der Waals surface area contributed by atoms with Crippen LogP contribution in [0.25, 0.3) is 0 Å². The Kier molecular flexibility index (Phi) is 4.11. The van der Waals surface area contributed by atoms with Crippen molar-refractivity contribution in [3.8, 4) is 0 Å². The molecule has 1 unspecified atom stereocenters. The second-order valence-corrected chi connectivity index (χ2v) is 7.17. The van der Waals surface area contributed by atoms with Gasteiger partial charge in [0.15, 0.2) is 0 Å². The van der Waals surface area contributed by atoms with Crippen molar-refractivity contribution in [1.82, 2.24) is 10.2 Å². The van der Waals surface area contributed by atoms with E-state index in [1.165, 1.54) is 40.6 Å². The lowest BCUT2D eigenvalue weighted by Crippen LogP contribution is -2.39. The van der Waals surface area contributed by atoms with Crippen molar-refractivity contribution in [1.29, 1.82) is 0 Å². The average Bonchev–Trinajstić information content (AvgIpc) is 3.18. The maximum Gasteiger partial charge on any atom is 0.273 e. The molecule has 1 aromatic carbocycles. The number of aromatic nitrogens is 2. The van der Waals surface area contributed by atoms with Gasteiger partial charge >= 0.3 is 0 Å². The number of carbonyl (C=O) groups is 2. The molecule has 4 rings (SSSR count). The Labute approximate surface area is 151 Å². The Hall–Kier alpha value is -2.88. The zero-order chi connectivity index (χ0) is 18.3. The molecule has 1 aromatic heterocycles. The van der Waals surface area contributed by atoms with E-state index in [1.54, 1.807) is 0 Å². The van der Waals surface area contributed by atoms with E-state index < -0.39 is 23.7 Å². The number of benzene rings is 1. The first kappa shape index (κ1) is 16.6. The lowest BCUT2D eigenvalue weighted by molar-refractivity contribution is -0.119. The van der Waals surface area contributed by atoms with Gasteiger partial charge in [0.25, 0.3) is 5.91 Å². The van der Waals surface area contributed by atoms with Crippen LogP contribution in [-0.4, -0.2) is 33.8 Å². The normalized spacial score (nSPS) is 19.3. The van der Waals surface area contributed by atoms with E-state index in [9.17, 15) is 14.0 Å². The summed E-state index contributed by atoms with van der Waals surface area (Å²) in [6, 6.07) is 4.64. The molecule has 2 aromatic rings. The summed E-state index contributed by atoms with van der Waals surface area (Å²) in [4.78, 5) is 24.2. The van der Waals surface area contributed by atoms with Crippen molar-refractivity contribution in [2.24, 2.45) is 10.8 Å². The lowest BCUT2D eigenvalue weighted by Gasteiger charge is -2.20. The molecule has 3 N–H and O–H groups in total. The number of halogens is 1. The molecule has 1 aliphatic heterocycles. The van der Waals surface area contributed by atoms with Crippen LogP contribution < -0.4 is 16.1 Å². The van der Waals surface area contributed by atoms with E-state index in [2.05, 4.69) is 20.6 Å². The number of hydrazone groups is 1. The highest BCUT2D eigenvalue weighted by Crippen LogP contribution is 2.42. The van der Waals surface area contributed by atoms with Crippen LogP contribution in [0.2, 0.25) is 0 Å². The molecular formula is C16H15FN6O2S. The molecule has 2 amide bonds. The minimum Gasteiger partial charge on any atom is -0.368 e. The second kappa shape index (κ2) is 6.45. The van der Waals surface area contributed by atoms with E-state index in [-0.39, 0.29) is 12.1 Å². The minimum absolute atomic E-state index is 0.0623. The lowest BCUT2D eigenvalue weighted by atomic mass is 10.1. The quantitative estimate of drug-likeness (QED) is 0.825. The fourth-order valence-electron chi connectivity index (χ4n) is 2.65. The number of amides is 2. The molecule has 0 radical (unpaired) electrons. The monoisotopic (exact) mass is 374 g/mol. The molecule has 26 heavy (non-hydrogen) atoms. The average molecular weight is 374 g/mol. The van der Waals surface area contributed by atoms with Crippen molar-refractivity contribution in [3.05, 3.63) is 35.1 Å². The Bertz CT molecular complexity index is 892. The van der Waals surface area contributed by atoms with Gasteiger partial charge < -0.3 is 5.73 Å². The zero-order valence-corrected chi connectivity index (χ0v) is 14.4. The maximum absolute atomic E-state index is 13.1. The first-order valence-corrected chi connectivity index (χ1v) is 8.89. The first-order chi connectivity index (χ1) is 12.5. The molecule has 0 spiro atoms. The summed E-state index contributed by atoms with van der Waals surface area (Å²) in [5.41, 5.74) is 6.06. The standard InChI is InChI=1S/C16H15FN6O2S/c17-9-3-5-10(6-4-9)23-12(13(18)24)7-11(22-23)14(25)19-16-21-20-15(26-16)8-1-2-8/h3-6,8,12H,1-2,7H2,(H2,18,24)(H,19,21,25). The van der Waals surface area contributed by atoms with Gasteiger partial charge in [-0.15, -0.1) is 10.2 Å². The summed E-state index contributed by atoms with van der Waals surface area (Å²) in [5, 5.41) is 17.6. The number of rotatable bonds is 5. The van der Waals surface area contributed by atoms with E-state index >= 15 is 0 Å². The largest absolute Gasteiger partial charge is 0.368 e. The third kappa shape index (κ3) is 3.27. The number of hydrogen-bond acceptors (Lipinski definition) is 7. The Morgan fingerprint density at radius 2 is 1.96 bits per heavy atom. The number of primary amides is 1. The predicted octanol–water partition coefficient (Wildman–Crippen LogP) is 1.61. The molecule has 1 saturated carbocycles. The summed E-state index contributed by atoms with van der Waals surface area (Å²) >= 11 is 1.34. The van der Waals surface area contributed by atoms with Gasteiger partial charge in [-0.05, 0) is 37.1 Å². The van der Waals surface area contributed by atoms with Crippen LogP contribution in [0.15, 0.2) is 29.4 Å². The number of anilines is 2. The molecule has 1 atom stereocenters. The zero-order valence-electron chi connectivity index (χ0n) is 13.6. The smallest absolute Gasteiger partial charge is 0.273 e. The summed E-state index contributed by atoms with van der Waals surface area (Å²) in [7, 11) is 0. The van der Waals surface area contributed by atoms with Gasteiger partial charge in [0, 0.05) is 12.3 Å². The Morgan fingerprint density at radius 3 is 2.62 bits per heavy atom. The molecule has 0 saturated heterocycles. The van der Waals surface area contributed by atoms with Crippen molar-refractivity contribution < 1.29 is 14.0 Å². The van der Waals surface area contributed by atoms with E-state index in [1.807, 2.05) is 0 Å². The van der Waals surface area contributed by atoms with Crippen molar-refractivity contribution >= 4 is 39.7 Å². The van der Waals surface area contributed by atoms with Crippen LogP contribution in [0.5, 0.6) is 0 Å². The topological polar surface area (TPSA) is 114 Å². The molecule has 1 fully saturated rings. The van der Waals surface area contributed by atoms with Crippen molar-refractivity contribution in [2.45, 2.75) is 31.2 Å². The molecule has 10 heteroatoms. The van der Waals surface area contributed by atoms with Crippen LogP contribution in [-0.2, 0) is 9.59 Å². The van der Waals surface area contributed by atoms with Crippen LogP contribution in [0.1, 0.15) is 30.2 Å². The third-order valence-corrected chi connectivity index (χ3v) is 5.18. The Morgan fingerprint density at radius 1 is 1.23 bits per heavy atom. The summed E-state index contributed by atoms with van der Waals surface area (Å²) in [6.07, 6.45) is 2.26. The predicted molar refractivity (Wildman–Crippen MR) is 94.4 cm³/mol. The fraction of sp³-hybridized carbons (Fsp3) is 0.312. The summed E-state index contributed by atoms with van der Waals surface area (Å²) in [5.74, 6) is -1.03. The number of hydrogen-bond donors (Lipinski definition) is 2. The van der Waals surface area contributed by atoms with Gasteiger partial charge in [0.2, 0.25) is 11.0 Å². The van der Waals surface area contributed by atoms with Crippen molar-refractivity contribution in [3.63, 3.8) is 0 Å². The van der Waals surface area contributed by atoms with Gasteiger partial charge in [0.1, 0.15) is 22.6 Å². The minimum atomic E-state index is -0.808. The molecule has 2 heterocycles. The molecule has 2 aliphatic rings. The van der Waals surface area contributed by atoms with E-state index in [0.29, 0.717) is 16.7 Å². The number of nitrogens with one attached hydrogen (secondary N) is 1. The highest BCUT2D eigenvalue weighted by molar-refractivity contribution is 7.15. The molecular weight excluding hydrogens is 359 g/mol. The second-order valence-electron chi connectivity index (χ2n) is 6.16. The molecule has 134 valence electrons. The number of nitrogens with two attached hydrogens (primary N) is 1. The number of nitrogens with zero attached hydrogens (tertiary/aromatic N) is 4. The maximum atomic E-state index is 13.1. The molecule has 8 nitrogen and oxygen atoms in total. The van der Waals surface area contributed by atoms with Gasteiger partial charge in [0.05, 0.1) is 5.69 Å². The third-order valence-electron chi connectivity index (χ3n) is 4.18. The molecule has 0 bridgehead atoms. The highest BCUT2D eigenvalue weighted by atomic mass is 32.1. The van der Waals surface area contributed by atoms with Crippen LogP contribution in [0.3, 0.4) is 0 Å². The highest BCUT2D eigenvalue weighted by Gasteiger charge is 2.35. The van der Waals surface area contributed by atoms with Gasteiger partial charge in [-0.3, -0.25) is 19.9 Å². The number of carbonyl (C=O) groups excluding carboxylic acids is 2. The first-order valence-electron chi connectivity index (χ1n) is 8.07. The van der Waals surface area contributed by atoms with Gasteiger partial charge in [-0.1, -0.05) is 11.3 Å². The Balaban J connectivity index is 1.52. The fourth-order valence-corrected chi connectivity index (χ4v) is 3.56. The van der Waals surface area contributed by atoms with Crippen molar-refractivity contribution in [2.75, 3.05) is 10.3 Å². The summed E-state index contributed by atoms with van der Waals surface area (Å²) < 4.78 is 13.1. The van der Waals surface area contributed by atoms with Gasteiger partial charge in [-0.25, -0.2) is 4.39 Å². The summed E-state index contributed by atoms with van der Waals surface area (Å²) in [6.45, 7) is 0. The van der Waals surface area contributed by atoms with Crippen LogP contribution in [0.4, 0.5) is 15.2 Å². The van der Waals surface area contributed by atoms with Crippen LogP contribution >= 0.6 is 11.3 Å². The SMILES string of the molecule is NC(=O)C1CC(C(=O)Nc2nnc(C3CC3)s2)=NN1c1ccc(F)cc1. The van der Waals surface area contributed by atoms with E-state index in [0.717, 1.165) is 17.8 Å².